The van der Waals surface area contributed by atoms with Crippen LogP contribution >= 0.6 is 0 Å². The fraction of sp³-hybridized carbons (Fsp3) is 0.0625. The predicted octanol–water partition coefficient (Wildman–Crippen LogP) is 1.44. The number of benzene rings is 2. The maximum Gasteiger partial charge on any atom is 0.264 e. The third kappa shape index (κ3) is 4.75. The lowest BCUT2D eigenvalue weighted by atomic mass is 10.1. The van der Waals surface area contributed by atoms with Crippen LogP contribution in [0.25, 0.3) is 0 Å². The summed E-state index contributed by atoms with van der Waals surface area (Å²) < 4.78 is 23.9. The van der Waals surface area contributed by atoms with Crippen molar-refractivity contribution in [2.24, 2.45) is 0 Å². The summed E-state index contributed by atoms with van der Waals surface area (Å²) in [4.78, 5) is 34.5. The van der Waals surface area contributed by atoms with Crippen LogP contribution in [0.1, 0.15) is 31.1 Å². The van der Waals surface area contributed by atoms with Crippen LogP contribution in [-0.4, -0.2) is 32.8 Å². The number of amides is 2. The summed E-state index contributed by atoms with van der Waals surface area (Å²) >= 11 is 0. The van der Waals surface area contributed by atoms with Gasteiger partial charge in [0.05, 0.1) is 6.26 Å². The van der Waals surface area contributed by atoms with E-state index < -0.39 is 21.8 Å². The van der Waals surface area contributed by atoms with E-state index in [1.807, 2.05) is 4.72 Å². The number of hydrogen-bond donors (Lipinski definition) is 2. The summed E-state index contributed by atoms with van der Waals surface area (Å²) in [6, 6.07) is 11.9. The first kappa shape index (κ1) is 17.4. The number of hydrogen-bond acceptors (Lipinski definition) is 5. The Morgan fingerprint density at radius 3 is 2.21 bits per heavy atom. The molecule has 2 amide bonds. The van der Waals surface area contributed by atoms with Crippen molar-refractivity contribution in [2.45, 2.75) is 0 Å². The molecule has 0 spiro atoms. The van der Waals surface area contributed by atoms with Gasteiger partial charge >= 0.3 is 0 Å². The molecule has 2 N–H and O–H groups in total. The summed E-state index contributed by atoms with van der Waals surface area (Å²) in [5, 5.41) is 2.62. The standard InChI is InChI=1S/C16H14N2O5S/c1-24(22,23)18-16(21)12-5-7-14(8-6-12)17-15(20)13-4-2-3-11(9-13)10-19/h2-10H,1H3,(H,17,20)(H,18,21). The molecule has 0 heterocycles. The first-order chi connectivity index (χ1) is 11.3. The number of aldehydes is 1. The lowest BCUT2D eigenvalue weighted by Gasteiger charge is -2.07. The number of nitrogens with one attached hydrogen (secondary N) is 2. The highest BCUT2D eigenvalue weighted by molar-refractivity contribution is 7.89. The molecular weight excluding hydrogens is 332 g/mol. The summed E-state index contributed by atoms with van der Waals surface area (Å²) in [7, 11) is -3.64. The molecule has 2 aromatic carbocycles. The van der Waals surface area contributed by atoms with Crippen LogP contribution in [0.3, 0.4) is 0 Å². The van der Waals surface area contributed by atoms with E-state index in [1.165, 1.54) is 30.3 Å². The number of carbonyl (C=O) groups excluding carboxylic acids is 3. The molecule has 0 unspecified atom stereocenters. The van der Waals surface area contributed by atoms with Gasteiger partial charge in [0.1, 0.15) is 6.29 Å². The first-order valence-electron chi connectivity index (χ1n) is 6.77. The minimum Gasteiger partial charge on any atom is -0.322 e. The Labute approximate surface area is 138 Å². The molecule has 124 valence electrons. The molecule has 0 saturated heterocycles. The van der Waals surface area contributed by atoms with Gasteiger partial charge in [0.25, 0.3) is 11.8 Å². The van der Waals surface area contributed by atoms with Crippen LogP contribution < -0.4 is 10.0 Å². The molecule has 7 nitrogen and oxygen atoms in total. The van der Waals surface area contributed by atoms with Gasteiger partial charge < -0.3 is 5.32 Å². The van der Waals surface area contributed by atoms with E-state index in [1.54, 1.807) is 18.2 Å². The van der Waals surface area contributed by atoms with Crippen molar-refractivity contribution in [3.8, 4) is 0 Å². The maximum atomic E-state index is 12.1. The molecule has 0 fully saturated rings. The van der Waals surface area contributed by atoms with Crippen LogP contribution in [0.4, 0.5) is 5.69 Å². The lowest BCUT2D eigenvalue weighted by molar-refractivity contribution is 0.0980. The zero-order valence-corrected chi connectivity index (χ0v) is 13.5. The van der Waals surface area contributed by atoms with Gasteiger partial charge in [0.15, 0.2) is 0 Å². The molecule has 0 radical (unpaired) electrons. The topological polar surface area (TPSA) is 109 Å². The molecule has 0 bridgehead atoms. The van der Waals surface area contributed by atoms with Crippen LogP contribution in [-0.2, 0) is 10.0 Å². The number of sulfonamides is 1. The van der Waals surface area contributed by atoms with E-state index in [0.717, 1.165) is 6.26 Å². The van der Waals surface area contributed by atoms with Crippen molar-refractivity contribution in [3.05, 3.63) is 65.2 Å². The Kier molecular flexibility index (Phi) is 5.10. The Morgan fingerprint density at radius 2 is 1.62 bits per heavy atom. The molecule has 0 aliphatic carbocycles. The highest BCUT2D eigenvalue weighted by atomic mass is 32.2. The number of carbonyl (C=O) groups is 3. The normalized spacial score (nSPS) is 10.7. The molecule has 24 heavy (non-hydrogen) atoms. The summed E-state index contributed by atoms with van der Waals surface area (Å²) in [6.45, 7) is 0. The first-order valence-corrected chi connectivity index (χ1v) is 8.66. The monoisotopic (exact) mass is 346 g/mol. The van der Waals surface area contributed by atoms with Crippen LogP contribution in [0, 0.1) is 0 Å². The average molecular weight is 346 g/mol. The van der Waals surface area contributed by atoms with Crippen LogP contribution in [0.15, 0.2) is 48.5 Å². The molecule has 0 aromatic heterocycles. The molecular formula is C16H14N2O5S. The minimum atomic E-state index is -3.64. The zero-order chi connectivity index (χ0) is 17.7. The van der Waals surface area contributed by atoms with Gasteiger partial charge in [0, 0.05) is 22.4 Å². The third-order valence-electron chi connectivity index (χ3n) is 2.97. The fourth-order valence-corrected chi connectivity index (χ4v) is 2.34. The Bertz CT molecular complexity index is 889. The Balaban J connectivity index is 2.09. The molecule has 0 aliphatic rings. The van der Waals surface area contributed by atoms with Crippen molar-refractivity contribution in [1.29, 1.82) is 0 Å². The molecule has 0 aliphatic heterocycles. The van der Waals surface area contributed by atoms with Crippen LogP contribution in [0.5, 0.6) is 0 Å². The SMILES string of the molecule is CS(=O)(=O)NC(=O)c1ccc(NC(=O)c2cccc(C=O)c2)cc1. The van der Waals surface area contributed by atoms with Crippen molar-refractivity contribution >= 4 is 33.8 Å². The van der Waals surface area contributed by atoms with Gasteiger partial charge in [-0.15, -0.1) is 0 Å². The predicted molar refractivity (Wildman–Crippen MR) is 88.5 cm³/mol. The van der Waals surface area contributed by atoms with E-state index in [-0.39, 0.29) is 5.56 Å². The van der Waals surface area contributed by atoms with Crippen molar-refractivity contribution < 1.29 is 22.8 Å². The van der Waals surface area contributed by atoms with Crippen molar-refractivity contribution in [2.75, 3.05) is 11.6 Å². The third-order valence-corrected chi connectivity index (χ3v) is 3.52. The maximum absolute atomic E-state index is 12.1. The summed E-state index contributed by atoms with van der Waals surface area (Å²) in [5.74, 6) is -1.17. The zero-order valence-electron chi connectivity index (χ0n) is 12.6. The summed E-state index contributed by atoms with van der Waals surface area (Å²) in [6.07, 6.45) is 1.53. The van der Waals surface area contributed by atoms with E-state index in [9.17, 15) is 22.8 Å². The second-order valence-electron chi connectivity index (χ2n) is 4.98. The Morgan fingerprint density at radius 1 is 0.958 bits per heavy atom. The van der Waals surface area contributed by atoms with Gasteiger partial charge in [-0.05, 0) is 36.4 Å². The largest absolute Gasteiger partial charge is 0.322 e. The Hall–Kier alpha value is -3.00. The van der Waals surface area contributed by atoms with Gasteiger partial charge in [-0.2, -0.15) is 0 Å². The average Bonchev–Trinajstić information content (AvgIpc) is 2.54. The molecule has 8 heteroatoms. The van der Waals surface area contributed by atoms with E-state index in [2.05, 4.69) is 5.32 Å². The van der Waals surface area contributed by atoms with E-state index >= 15 is 0 Å². The van der Waals surface area contributed by atoms with E-state index in [4.69, 9.17) is 0 Å². The number of anilines is 1. The van der Waals surface area contributed by atoms with E-state index in [0.29, 0.717) is 23.1 Å². The highest BCUT2D eigenvalue weighted by Crippen LogP contribution is 2.12. The van der Waals surface area contributed by atoms with Crippen molar-refractivity contribution in [3.63, 3.8) is 0 Å². The van der Waals surface area contributed by atoms with Gasteiger partial charge in [-0.1, -0.05) is 12.1 Å². The lowest BCUT2D eigenvalue weighted by Crippen LogP contribution is -2.29. The van der Waals surface area contributed by atoms with Gasteiger partial charge in [-0.25, -0.2) is 13.1 Å². The van der Waals surface area contributed by atoms with Gasteiger partial charge in [0.2, 0.25) is 10.0 Å². The second kappa shape index (κ2) is 7.05. The van der Waals surface area contributed by atoms with Crippen molar-refractivity contribution in [1.82, 2.24) is 4.72 Å². The minimum absolute atomic E-state index is 0.140. The molecule has 2 aromatic rings. The smallest absolute Gasteiger partial charge is 0.264 e. The molecule has 0 saturated carbocycles. The summed E-state index contributed by atoms with van der Waals surface area (Å²) in [5.41, 5.74) is 1.27. The molecule has 2 rings (SSSR count). The van der Waals surface area contributed by atoms with Gasteiger partial charge in [-0.3, -0.25) is 14.4 Å². The second-order valence-corrected chi connectivity index (χ2v) is 6.73. The quantitative estimate of drug-likeness (QED) is 0.796. The number of rotatable bonds is 5. The van der Waals surface area contributed by atoms with Crippen LogP contribution in [0.2, 0.25) is 0 Å². The molecule has 0 atom stereocenters. The fourth-order valence-electron chi connectivity index (χ4n) is 1.89. The highest BCUT2D eigenvalue weighted by Gasteiger charge is 2.11.